The molecule has 0 unspecified atom stereocenters. The molecule has 0 saturated heterocycles. The van der Waals surface area contributed by atoms with Crippen LogP contribution in [0.3, 0.4) is 0 Å². The number of rotatable bonds is 8. The van der Waals surface area contributed by atoms with Crippen LogP contribution in [0, 0.1) is 12.7 Å². The van der Waals surface area contributed by atoms with Crippen LogP contribution in [0.4, 0.5) is 15.8 Å². The van der Waals surface area contributed by atoms with E-state index in [0.29, 0.717) is 18.0 Å². The maximum Gasteiger partial charge on any atom is 0.188 e. The zero-order chi connectivity index (χ0) is 25.2. The fourth-order valence-electron chi connectivity index (χ4n) is 4.71. The Morgan fingerprint density at radius 3 is 2.49 bits per heavy atom. The molecule has 1 aliphatic heterocycles. The first-order valence-corrected chi connectivity index (χ1v) is 11.7. The van der Waals surface area contributed by atoms with Gasteiger partial charge in [-0.1, -0.05) is 18.2 Å². The molecule has 4 rings (SSSR count). The number of aryl methyl sites for hydroxylation is 1. The van der Waals surface area contributed by atoms with Crippen molar-refractivity contribution in [2.45, 2.75) is 39.8 Å². The molecule has 0 radical (unpaired) electrons. The number of hydrogen-bond acceptors (Lipinski definition) is 5. The van der Waals surface area contributed by atoms with Gasteiger partial charge in [0, 0.05) is 42.2 Å². The van der Waals surface area contributed by atoms with E-state index in [1.165, 1.54) is 17.7 Å². The normalized spacial score (nSPS) is 14.0. The number of hydrogen-bond donors (Lipinski definition) is 2. The fraction of sp³-hybridized carbons (Fsp3) is 0.310. The highest BCUT2D eigenvalue weighted by atomic mass is 19.1. The van der Waals surface area contributed by atoms with Crippen LogP contribution in [0.15, 0.2) is 54.6 Å². The summed E-state index contributed by atoms with van der Waals surface area (Å²) in [5.74, 6) is 1.11. The Bertz CT molecular complexity index is 1270. The first kappa shape index (κ1) is 24.6. The standard InChI is InChI=1S/C29H33FN2O3/c1-18-7-8-20(30)13-26(18)31-16-24-22(11-12-25-28(24)19(2)15-29(3,4)32-25)23-10-9-21(35-17-33-5)14-27(23)34-6/h7-15,31-32H,16-17H2,1-6H3. The Hall–Kier alpha value is -3.51. The maximum absolute atomic E-state index is 14.0. The molecular weight excluding hydrogens is 443 g/mol. The van der Waals surface area contributed by atoms with Gasteiger partial charge in [0.2, 0.25) is 0 Å². The van der Waals surface area contributed by atoms with Gasteiger partial charge in [0.15, 0.2) is 6.79 Å². The summed E-state index contributed by atoms with van der Waals surface area (Å²) in [6, 6.07) is 14.8. The first-order chi connectivity index (χ1) is 16.7. The highest BCUT2D eigenvalue weighted by Gasteiger charge is 2.26. The van der Waals surface area contributed by atoms with E-state index in [0.717, 1.165) is 39.2 Å². The predicted octanol–water partition coefficient (Wildman–Crippen LogP) is 7.01. The summed E-state index contributed by atoms with van der Waals surface area (Å²) >= 11 is 0. The van der Waals surface area contributed by atoms with Crippen molar-refractivity contribution in [1.82, 2.24) is 0 Å². The summed E-state index contributed by atoms with van der Waals surface area (Å²) in [5.41, 5.74) is 8.11. The van der Waals surface area contributed by atoms with E-state index in [2.05, 4.69) is 49.6 Å². The summed E-state index contributed by atoms with van der Waals surface area (Å²) in [6.07, 6.45) is 2.25. The molecule has 3 aromatic carbocycles. The van der Waals surface area contributed by atoms with Crippen molar-refractivity contribution in [3.05, 3.63) is 77.1 Å². The van der Waals surface area contributed by atoms with Crippen molar-refractivity contribution < 1.29 is 18.6 Å². The zero-order valence-corrected chi connectivity index (χ0v) is 21.2. The molecule has 35 heavy (non-hydrogen) atoms. The molecule has 0 bridgehead atoms. The molecule has 1 aliphatic rings. The lowest BCUT2D eigenvalue weighted by Gasteiger charge is -2.33. The Labute approximate surface area is 206 Å². The third-order valence-corrected chi connectivity index (χ3v) is 6.20. The van der Waals surface area contributed by atoms with Gasteiger partial charge in [-0.15, -0.1) is 0 Å². The molecule has 0 aliphatic carbocycles. The SMILES string of the molecule is COCOc1ccc(-c2ccc3c(c2CNc2cc(F)ccc2C)C(C)=CC(C)(C)N3)c(OC)c1. The molecule has 0 amide bonds. The molecule has 2 N–H and O–H groups in total. The minimum Gasteiger partial charge on any atom is -0.496 e. The van der Waals surface area contributed by atoms with Gasteiger partial charge in [-0.2, -0.15) is 0 Å². The number of benzene rings is 3. The van der Waals surface area contributed by atoms with Crippen LogP contribution in [0.5, 0.6) is 11.5 Å². The molecule has 0 spiro atoms. The van der Waals surface area contributed by atoms with Gasteiger partial charge in [-0.25, -0.2) is 4.39 Å². The van der Waals surface area contributed by atoms with Crippen LogP contribution in [-0.2, 0) is 11.3 Å². The second-order valence-electron chi connectivity index (χ2n) is 9.41. The lowest BCUT2D eigenvalue weighted by Crippen LogP contribution is -2.32. The monoisotopic (exact) mass is 476 g/mol. The molecule has 0 fully saturated rings. The minimum atomic E-state index is -0.263. The molecule has 0 saturated carbocycles. The molecule has 0 atom stereocenters. The van der Waals surface area contributed by atoms with Crippen LogP contribution in [-0.4, -0.2) is 26.6 Å². The summed E-state index contributed by atoms with van der Waals surface area (Å²) in [6.45, 7) is 9.10. The van der Waals surface area contributed by atoms with E-state index in [4.69, 9.17) is 14.2 Å². The molecule has 6 heteroatoms. The third-order valence-electron chi connectivity index (χ3n) is 6.20. The maximum atomic E-state index is 14.0. The molecule has 1 heterocycles. The first-order valence-electron chi connectivity index (χ1n) is 11.7. The second-order valence-corrected chi connectivity index (χ2v) is 9.41. The van der Waals surface area contributed by atoms with Gasteiger partial charge in [0.05, 0.1) is 12.6 Å². The number of ether oxygens (including phenoxy) is 3. The summed E-state index contributed by atoms with van der Waals surface area (Å²) in [4.78, 5) is 0. The fourth-order valence-corrected chi connectivity index (χ4v) is 4.71. The van der Waals surface area contributed by atoms with E-state index in [1.54, 1.807) is 20.3 Å². The number of methoxy groups -OCH3 is 2. The van der Waals surface area contributed by atoms with E-state index in [1.807, 2.05) is 25.1 Å². The number of nitrogens with one attached hydrogen (secondary N) is 2. The number of halogens is 1. The van der Waals surface area contributed by atoms with Gasteiger partial charge < -0.3 is 24.8 Å². The van der Waals surface area contributed by atoms with E-state index in [9.17, 15) is 4.39 Å². The zero-order valence-electron chi connectivity index (χ0n) is 21.2. The second kappa shape index (κ2) is 10.0. The Morgan fingerprint density at radius 1 is 0.971 bits per heavy atom. The van der Waals surface area contributed by atoms with E-state index < -0.39 is 0 Å². The van der Waals surface area contributed by atoms with E-state index >= 15 is 0 Å². The summed E-state index contributed by atoms with van der Waals surface area (Å²) in [5, 5.41) is 7.11. The van der Waals surface area contributed by atoms with Crippen LogP contribution in [0.25, 0.3) is 16.7 Å². The van der Waals surface area contributed by atoms with Gasteiger partial charge >= 0.3 is 0 Å². The average Bonchev–Trinajstić information content (AvgIpc) is 2.82. The molecular formula is C29H33FN2O3. The highest BCUT2D eigenvalue weighted by molar-refractivity contribution is 5.88. The van der Waals surface area contributed by atoms with Gasteiger partial charge in [0.1, 0.15) is 17.3 Å². The van der Waals surface area contributed by atoms with E-state index in [-0.39, 0.29) is 18.1 Å². The van der Waals surface area contributed by atoms with Crippen molar-refractivity contribution in [2.24, 2.45) is 0 Å². The molecule has 0 aromatic heterocycles. The summed E-state index contributed by atoms with van der Waals surface area (Å²) < 4.78 is 30.4. The third kappa shape index (κ3) is 5.28. The van der Waals surface area contributed by atoms with Gasteiger partial charge in [0.25, 0.3) is 0 Å². The van der Waals surface area contributed by atoms with Crippen molar-refractivity contribution in [1.29, 1.82) is 0 Å². The quantitative estimate of drug-likeness (QED) is 0.343. The Balaban J connectivity index is 1.83. The largest absolute Gasteiger partial charge is 0.496 e. The van der Waals surface area contributed by atoms with Crippen molar-refractivity contribution in [2.75, 3.05) is 31.6 Å². The molecule has 5 nitrogen and oxygen atoms in total. The van der Waals surface area contributed by atoms with Crippen molar-refractivity contribution in [3.63, 3.8) is 0 Å². The van der Waals surface area contributed by atoms with Crippen LogP contribution in [0.2, 0.25) is 0 Å². The molecule has 184 valence electrons. The highest BCUT2D eigenvalue weighted by Crippen LogP contribution is 2.43. The lowest BCUT2D eigenvalue weighted by molar-refractivity contribution is 0.0510. The van der Waals surface area contributed by atoms with Crippen molar-refractivity contribution in [3.8, 4) is 22.6 Å². The van der Waals surface area contributed by atoms with Crippen LogP contribution in [0.1, 0.15) is 37.5 Å². The lowest BCUT2D eigenvalue weighted by atomic mass is 9.85. The van der Waals surface area contributed by atoms with Crippen LogP contribution >= 0.6 is 0 Å². The average molecular weight is 477 g/mol. The Kier molecular flexibility index (Phi) is 7.03. The number of fused-ring (bicyclic) bond motifs is 1. The minimum absolute atomic E-state index is 0.152. The molecule has 3 aromatic rings. The number of anilines is 2. The van der Waals surface area contributed by atoms with Gasteiger partial charge in [-0.05, 0) is 80.3 Å². The van der Waals surface area contributed by atoms with Crippen molar-refractivity contribution >= 4 is 16.9 Å². The predicted molar refractivity (Wildman–Crippen MR) is 141 cm³/mol. The Morgan fingerprint density at radius 2 is 1.74 bits per heavy atom. The summed E-state index contributed by atoms with van der Waals surface area (Å²) in [7, 11) is 3.24. The topological polar surface area (TPSA) is 51.8 Å². The number of allylic oxidation sites excluding steroid dienone is 1. The van der Waals surface area contributed by atoms with Gasteiger partial charge in [-0.3, -0.25) is 0 Å². The smallest absolute Gasteiger partial charge is 0.188 e. The van der Waals surface area contributed by atoms with Crippen LogP contribution < -0.4 is 20.1 Å².